The van der Waals surface area contributed by atoms with Crippen molar-refractivity contribution in [3.63, 3.8) is 0 Å². The molecule has 0 bridgehead atoms. The Morgan fingerprint density at radius 3 is 2.72 bits per heavy atom. The normalized spacial score (nSPS) is 15.8. The number of hydrogen-bond donors (Lipinski definition) is 2. The molecule has 0 unspecified atom stereocenters. The predicted octanol–water partition coefficient (Wildman–Crippen LogP) is 2.86. The average molecular weight is 336 g/mol. The lowest BCUT2D eigenvalue weighted by Crippen LogP contribution is -2.28. The zero-order valence-corrected chi connectivity index (χ0v) is 14.8. The largest absolute Gasteiger partial charge is 0.386 e. The first-order valence-corrected chi connectivity index (χ1v) is 8.98. The molecule has 2 aliphatic carbocycles. The van der Waals surface area contributed by atoms with Crippen molar-refractivity contribution in [3.8, 4) is 0 Å². The standard InChI is InChI=1S/C20H24N4O/c1-13-4-3-5-14(10-13)12-24-18(20(25)22-16-8-9-16)11-17(23-24)19(21-2)15-6-7-15/h3-5,10-11,16,21H,6-9,12H2,1-2H3,(H,22,25). The summed E-state index contributed by atoms with van der Waals surface area (Å²) in [6, 6.07) is 10.6. The van der Waals surface area contributed by atoms with Gasteiger partial charge in [-0.25, -0.2) is 0 Å². The van der Waals surface area contributed by atoms with E-state index in [1.807, 2.05) is 23.9 Å². The Kier molecular flexibility index (Phi) is 4.07. The van der Waals surface area contributed by atoms with Gasteiger partial charge in [0.05, 0.1) is 12.2 Å². The second-order valence-corrected chi connectivity index (χ2v) is 7.04. The third kappa shape index (κ3) is 3.60. The Bertz CT molecular complexity index is 839. The molecule has 0 atom stereocenters. The van der Waals surface area contributed by atoms with Gasteiger partial charge in [0.1, 0.15) is 11.4 Å². The molecule has 2 N–H and O–H groups in total. The third-order valence-electron chi connectivity index (χ3n) is 4.70. The van der Waals surface area contributed by atoms with Crippen LogP contribution in [0.3, 0.4) is 0 Å². The third-order valence-corrected chi connectivity index (χ3v) is 4.70. The van der Waals surface area contributed by atoms with Crippen LogP contribution in [0.5, 0.6) is 0 Å². The van der Waals surface area contributed by atoms with Crippen molar-refractivity contribution in [1.29, 1.82) is 0 Å². The molecule has 1 heterocycles. The number of amides is 1. The molecular weight excluding hydrogens is 312 g/mol. The molecule has 5 heteroatoms. The summed E-state index contributed by atoms with van der Waals surface area (Å²) in [4.78, 5) is 12.7. The maximum absolute atomic E-state index is 12.7. The van der Waals surface area contributed by atoms with Crippen molar-refractivity contribution in [3.05, 3.63) is 58.4 Å². The van der Waals surface area contributed by atoms with Crippen molar-refractivity contribution in [2.75, 3.05) is 7.05 Å². The van der Waals surface area contributed by atoms with Gasteiger partial charge >= 0.3 is 0 Å². The number of allylic oxidation sites excluding steroid dienone is 1. The molecule has 0 radical (unpaired) electrons. The lowest BCUT2D eigenvalue weighted by Gasteiger charge is -2.08. The molecule has 2 aliphatic rings. The lowest BCUT2D eigenvalue weighted by atomic mass is 10.1. The number of benzene rings is 1. The van der Waals surface area contributed by atoms with Crippen LogP contribution < -0.4 is 10.6 Å². The Morgan fingerprint density at radius 2 is 2.08 bits per heavy atom. The van der Waals surface area contributed by atoms with Gasteiger partial charge in [0.25, 0.3) is 5.91 Å². The molecular formula is C20H24N4O. The fraction of sp³-hybridized carbons (Fsp3) is 0.400. The highest BCUT2D eigenvalue weighted by molar-refractivity contribution is 5.94. The van der Waals surface area contributed by atoms with E-state index in [1.165, 1.54) is 11.1 Å². The van der Waals surface area contributed by atoms with E-state index in [1.54, 1.807) is 0 Å². The smallest absolute Gasteiger partial charge is 0.269 e. The van der Waals surface area contributed by atoms with E-state index in [2.05, 4.69) is 35.8 Å². The second kappa shape index (κ2) is 6.39. The Labute approximate surface area is 148 Å². The van der Waals surface area contributed by atoms with Gasteiger partial charge < -0.3 is 10.6 Å². The summed E-state index contributed by atoms with van der Waals surface area (Å²) in [5.41, 5.74) is 6.33. The second-order valence-electron chi connectivity index (χ2n) is 7.04. The summed E-state index contributed by atoms with van der Waals surface area (Å²) in [7, 11) is 1.92. The van der Waals surface area contributed by atoms with Crippen LogP contribution in [0.15, 0.2) is 35.9 Å². The highest BCUT2D eigenvalue weighted by atomic mass is 16.2. The zero-order valence-electron chi connectivity index (χ0n) is 14.8. The Balaban J connectivity index is 1.68. The molecule has 2 saturated carbocycles. The first kappa shape index (κ1) is 15.9. The zero-order chi connectivity index (χ0) is 17.4. The van der Waals surface area contributed by atoms with E-state index in [0.29, 0.717) is 18.3 Å². The molecule has 4 rings (SSSR count). The first-order valence-electron chi connectivity index (χ1n) is 8.98. The number of nitrogens with zero attached hydrogens (tertiary/aromatic N) is 2. The highest BCUT2D eigenvalue weighted by Gasteiger charge is 2.27. The van der Waals surface area contributed by atoms with Crippen molar-refractivity contribution in [2.24, 2.45) is 0 Å². The number of hydrogen-bond acceptors (Lipinski definition) is 3. The monoisotopic (exact) mass is 336 g/mol. The molecule has 1 amide bonds. The van der Waals surface area contributed by atoms with E-state index in [-0.39, 0.29) is 5.91 Å². The summed E-state index contributed by atoms with van der Waals surface area (Å²) in [5, 5.41) is 11.1. The summed E-state index contributed by atoms with van der Waals surface area (Å²) in [6.45, 7) is 2.68. The lowest BCUT2D eigenvalue weighted by molar-refractivity contribution is 0.0941. The van der Waals surface area contributed by atoms with Crippen LogP contribution in [-0.4, -0.2) is 28.8 Å². The SMILES string of the molecule is CNC(=C1CC1)c1cc(C(=O)NC2CC2)n(Cc2cccc(C)c2)n1. The molecule has 1 aromatic carbocycles. The minimum Gasteiger partial charge on any atom is -0.386 e. The Hall–Kier alpha value is -2.56. The number of carbonyl (C=O) groups excluding carboxylic acids is 1. The summed E-state index contributed by atoms with van der Waals surface area (Å²) in [5.74, 6) is -0.0230. The van der Waals surface area contributed by atoms with Gasteiger partial charge in [-0.2, -0.15) is 5.10 Å². The molecule has 0 saturated heterocycles. The maximum Gasteiger partial charge on any atom is 0.269 e. The molecule has 1 aromatic heterocycles. The van der Waals surface area contributed by atoms with Gasteiger partial charge in [0.15, 0.2) is 0 Å². The van der Waals surface area contributed by atoms with E-state index >= 15 is 0 Å². The van der Waals surface area contributed by atoms with Crippen LogP contribution in [0.4, 0.5) is 0 Å². The van der Waals surface area contributed by atoms with Crippen molar-refractivity contribution in [2.45, 2.75) is 45.2 Å². The molecule has 5 nitrogen and oxygen atoms in total. The number of rotatable bonds is 6. The van der Waals surface area contributed by atoms with Crippen molar-refractivity contribution >= 4 is 11.6 Å². The van der Waals surface area contributed by atoms with Crippen LogP contribution in [0.25, 0.3) is 5.70 Å². The van der Waals surface area contributed by atoms with E-state index in [4.69, 9.17) is 5.10 Å². The quantitative estimate of drug-likeness (QED) is 0.853. The minimum atomic E-state index is -0.0230. The van der Waals surface area contributed by atoms with E-state index in [9.17, 15) is 4.79 Å². The first-order chi connectivity index (χ1) is 12.1. The fourth-order valence-electron chi connectivity index (χ4n) is 3.11. The molecule has 0 spiro atoms. The molecule has 130 valence electrons. The molecule has 2 fully saturated rings. The maximum atomic E-state index is 12.7. The Morgan fingerprint density at radius 1 is 1.28 bits per heavy atom. The molecule has 0 aliphatic heterocycles. The van der Waals surface area contributed by atoms with Gasteiger partial charge in [0, 0.05) is 13.1 Å². The van der Waals surface area contributed by atoms with Gasteiger partial charge in [-0.05, 0) is 49.8 Å². The van der Waals surface area contributed by atoms with Gasteiger partial charge in [-0.3, -0.25) is 9.48 Å². The summed E-state index contributed by atoms with van der Waals surface area (Å²) in [6.07, 6.45) is 4.39. The van der Waals surface area contributed by atoms with Crippen molar-refractivity contribution < 1.29 is 4.79 Å². The van der Waals surface area contributed by atoms with E-state index in [0.717, 1.165) is 42.6 Å². The number of carbonyl (C=O) groups is 1. The minimum absolute atomic E-state index is 0.0230. The highest BCUT2D eigenvalue weighted by Crippen LogP contribution is 2.34. The summed E-state index contributed by atoms with van der Waals surface area (Å²) < 4.78 is 1.84. The number of aryl methyl sites for hydroxylation is 1. The van der Waals surface area contributed by atoms with Crippen LogP contribution in [0.2, 0.25) is 0 Å². The molecule has 25 heavy (non-hydrogen) atoms. The van der Waals surface area contributed by atoms with Gasteiger partial charge in [-0.1, -0.05) is 29.8 Å². The topological polar surface area (TPSA) is 59.0 Å². The van der Waals surface area contributed by atoms with Gasteiger partial charge in [0.2, 0.25) is 0 Å². The predicted molar refractivity (Wildman–Crippen MR) is 98.2 cm³/mol. The van der Waals surface area contributed by atoms with Crippen molar-refractivity contribution in [1.82, 2.24) is 20.4 Å². The summed E-state index contributed by atoms with van der Waals surface area (Å²) >= 11 is 0. The van der Waals surface area contributed by atoms with Crippen LogP contribution in [-0.2, 0) is 6.54 Å². The number of nitrogens with one attached hydrogen (secondary N) is 2. The van der Waals surface area contributed by atoms with Crippen LogP contribution in [0.1, 0.15) is 53.0 Å². The van der Waals surface area contributed by atoms with Crippen LogP contribution in [0, 0.1) is 6.92 Å². The van der Waals surface area contributed by atoms with Crippen LogP contribution >= 0.6 is 0 Å². The van der Waals surface area contributed by atoms with Gasteiger partial charge in [-0.15, -0.1) is 0 Å². The fourth-order valence-corrected chi connectivity index (χ4v) is 3.11. The average Bonchev–Trinajstić information content (AvgIpc) is 3.49. The number of aromatic nitrogens is 2. The van der Waals surface area contributed by atoms with E-state index < -0.39 is 0 Å². The molecule has 2 aromatic rings.